The van der Waals surface area contributed by atoms with Crippen LogP contribution >= 0.6 is 0 Å². The molecule has 2 aliphatic heterocycles. The first kappa shape index (κ1) is 16.9. The molecule has 1 amide bonds. The number of amides is 1. The van der Waals surface area contributed by atoms with Crippen molar-refractivity contribution in [3.05, 3.63) is 65.7 Å². The Bertz CT molecular complexity index is 798. The summed E-state index contributed by atoms with van der Waals surface area (Å²) in [7, 11) is 0. The highest BCUT2D eigenvalue weighted by Gasteiger charge is 2.35. The number of hydrogen-bond acceptors (Lipinski definition) is 4. The summed E-state index contributed by atoms with van der Waals surface area (Å²) in [5.41, 5.74) is 2.63. The Morgan fingerprint density at radius 1 is 0.731 bits per heavy atom. The predicted molar refractivity (Wildman–Crippen MR) is 101 cm³/mol. The lowest BCUT2D eigenvalue weighted by Crippen LogP contribution is -2.48. The number of anilines is 1. The van der Waals surface area contributed by atoms with Crippen LogP contribution in [0.5, 0.6) is 0 Å². The standard InChI is InChI=1S/C21H23N3O2/c25-20-18-8-4-5-9-19(18)24(21(20)26)15-14-22-10-12-23(13-11-22)16-17-6-2-1-3-7-17/h1-9H,10-16H2. The average Bonchev–Trinajstić information content (AvgIpc) is 2.93. The van der Waals surface area contributed by atoms with Crippen molar-refractivity contribution in [3.8, 4) is 0 Å². The summed E-state index contributed by atoms with van der Waals surface area (Å²) in [5, 5.41) is 0. The van der Waals surface area contributed by atoms with Crippen molar-refractivity contribution < 1.29 is 9.59 Å². The third kappa shape index (κ3) is 3.41. The zero-order valence-electron chi connectivity index (χ0n) is 14.8. The third-order valence-electron chi connectivity index (χ3n) is 5.23. The van der Waals surface area contributed by atoms with E-state index in [2.05, 4.69) is 34.1 Å². The summed E-state index contributed by atoms with van der Waals surface area (Å²) >= 11 is 0. The van der Waals surface area contributed by atoms with E-state index in [0.717, 1.165) is 45.0 Å². The molecule has 2 heterocycles. The molecule has 2 aromatic rings. The van der Waals surface area contributed by atoms with Gasteiger partial charge in [-0.05, 0) is 17.7 Å². The first-order valence-electron chi connectivity index (χ1n) is 9.16. The number of ketones is 1. The van der Waals surface area contributed by atoms with E-state index in [-0.39, 0.29) is 5.78 Å². The zero-order chi connectivity index (χ0) is 17.9. The molecule has 0 atom stereocenters. The van der Waals surface area contributed by atoms with Gasteiger partial charge in [0.25, 0.3) is 11.7 Å². The molecule has 0 bridgehead atoms. The number of rotatable bonds is 5. The molecule has 134 valence electrons. The van der Waals surface area contributed by atoms with Gasteiger partial charge in [0.2, 0.25) is 0 Å². The lowest BCUT2D eigenvalue weighted by atomic mass is 10.1. The van der Waals surface area contributed by atoms with Gasteiger partial charge in [0.1, 0.15) is 0 Å². The lowest BCUT2D eigenvalue weighted by molar-refractivity contribution is -0.114. The first-order valence-corrected chi connectivity index (χ1v) is 9.16. The van der Waals surface area contributed by atoms with E-state index in [4.69, 9.17) is 0 Å². The number of benzene rings is 2. The molecule has 0 saturated carbocycles. The highest BCUT2D eigenvalue weighted by molar-refractivity contribution is 6.52. The van der Waals surface area contributed by atoms with Crippen LogP contribution in [-0.2, 0) is 11.3 Å². The van der Waals surface area contributed by atoms with E-state index in [9.17, 15) is 9.59 Å². The summed E-state index contributed by atoms with van der Waals surface area (Å²) in [6.45, 7) is 6.39. The van der Waals surface area contributed by atoms with Crippen molar-refractivity contribution in [3.63, 3.8) is 0 Å². The van der Waals surface area contributed by atoms with Gasteiger partial charge in [-0.3, -0.25) is 19.4 Å². The molecule has 5 nitrogen and oxygen atoms in total. The molecule has 0 radical (unpaired) electrons. The van der Waals surface area contributed by atoms with Crippen molar-refractivity contribution in [1.29, 1.82) is 0 Å². The van der Waals surface area contributed by atoms with Crippen LogP contribution in [0.2, 0.25) is 0 Å². The molecule has 0 spiro atoms. The van der Waals surface area contributed by atoms with Crippen LogP contribution in [0, 0.1) is 0 Å². The lowest BCUT2D eigenvalue weighted by Gasteiger charge is -2.35. The highest BCUT2D eigenvalue weighted by atomic mass is 16.2. The summed E-state index contributed by atoms with van der Waals surface area (Å²) in [4.78, 5) is 30.8. The second kappa shape index (κ2) is 7.40. The molecule has 0 aromatic heterocycles. The Morgan fingerprint density at radius 3 is 2.15 bits per heavy atom. The number of piperazine rings is 1. The maximum Gasteiger partial charge on any atom is 0.299 e. The predicted octanol–water partition coefficient (Wildman–Crippen LogP) is 2.03. The molecule has 2 aromatic carbocycles. The SMILES string of the molecule is O=C1C(=O)N(CCN2CCN(Cc3ccccc3)CC2)c2ccccc21. The van der Waals surface area contributed by atoms with Crippen LogP contribution in [0.15, 0.2) is 54.6 Å². The van der Waals surface area contributed by atoms with E-state index >= 15 is 0 Å². The molecule has 1 fully saturated rings. The smallest absolute Gasteiger partial charge is 0.299 e. The second-order valence-corrected chi connectivity index (χ2v) is 6.91. The van der Waals surface area contributed by atoms with Gasteiger partial charge in [-0.25, -0.2) is 0 Å². The van der Waals surface area contributed by atoms with E-state index in [1.54, 1.807) is 17.0 Å². The van der Waals surface area contributed by atoms with E-state index in [1.165, 1.54) is 5.56 Å². The molecular weight excluding hydrogens is 326 g/mol. The fraction of sp³-hybridized carbons (Fsp3) is 0.333. The number of hydrogen-bond donors (Lipinski definition) is 0. The van der Waals surface area contributed by atoms with Crippen molar-refractivity contribution in [1.82, 2.24) is 9.80 Å². The minimum Gasteiger partial charge on any atom is -0.303 e. The molecule has 4 rings (SSSR count). The van der Waals surface area contributed by atoms with Gasteiger partial charge in [-0.2, -0.15) is 0 Å². The highest BCUT2D eigenvalue weighted by Crippen LogP contribution is 2.28. The van der Waals surface area contributed by atoms with Gasteiger partial charge in [0, 0.05) is 45.8 Å². The number of Topliss-reactive ketones (excluding diaryl/α,β-unsaturated/α-hetero) is 1. The Kier molecular flexibility index (Phi) is 4.82. The first-order chi connectivity index (χ1) is 12.7. The molecule has 0 aliphatic carbocycles. The van der Waals surface area contributed by atoms with Gasteiger partial charge in [0.05, 0.1) is 11.3 Å². The summed E-state index contributed by atoms with van der Waals surface area (Å²) < 4.78 is 0. The number of carbonyl (C=O) groups is 2. The summed E-state index contributed by atoms with van der Waals surface area (Å²) in [6, 6.07) is 17.8. The van der Waals surface area contributed by atoms with Gasteiger partial charge in [-0.1, -0.05) is 42.5 Å². The van der Waals surface area contributed by atoms with E-state index in [1.807, 2.05) is 18.2 Å². The topological polar surface area (TPSA) is 43.9 Å². The van der Waals surface area contributed by atoms with Gasteiger partial charge >= 0.3 is 0 Å². The van der Waals surface area contributed by atoms with Crippen LogP contribution < -0.4 is 4.90 Å². The third-order valence-corrected chi connectivity index (χ3v) is 5.23. The Labute approximate surface area is 153 Å². The van der Waals surface area contributed by atoms with Crippen LogP contribution in [0.25, 0.3) is 0 Å². The Morgan fingerprint density at radius 2 is 1.38 bits per heavy atom. The molecule has 0 N–H and O–H groups in total. The van der Waals surface area contributed by atoms with E-state index in [0.29, 0.717) is 12.1 Å². The molecule has 0 unspecified atom stereocenters. The number of para-hydroxylation sites is 1. The minimum absolute atomic E-state index is 0.381. The summed E-state index contributed by atoms with van der Waals surface area (Å²) in [6.07, 6.45) is 0. The fourth-order valence-corrected chi connectivity index (χ4v) is 3.72. The molecule has 1 saturated heterocycles. The van der Waals surface area contributed by atoms with Crippen molar-refractivity contribution in [2.75, 3.05) is 44.2 Å². The van der Waals surface area contributed by atoms with Crippen LogP contribution in [-0.4, -0.2) is 60.8 Å². The molecule has 2 aliphatic rings. The van der Waals surface area contributed by atoms with Crippen molar-refractivity contribution in [2.24, 2.45) is 0 Å². The normalized spacial score (nSPS) is 18.4. The number of nitrogens with zero attached hydrogens (tertiary/aromatic N) is 3. The van der Waals surface area contributed by atoms with Gasteiger partial charge < -0.3 is 4.90 Å². The molecule has 26 heavy (non-hydrogen) atoms. The Hall–Kier alpha value is -2.50. The van der Waals surface area contributed by atoms with Crippen molar-refractivity contribution in [2.45, 2.75) is 6.54 Å². The molecule has 5 heteroatoms. The monoisotopic (exact) mass is 349 g/mol. The van der Waals surface area contributed by atoms with Crippen LogP contribution in [0.4, 0.5) is 5.69 Å². The van der Waals surface area contributed by atoms with Gasteiger partial charge in [-0.15, -0.1) is 0 Å². The van der Waals surface area contributed by atoms with Crippen molar-refractivity contribution >= 4 is 17.4 Å². The zero-order valence-corrected chi connectivity index (χ0v) is 14.8. The maximum absolute atomic E-state index is 12.2. The largest absolute Gasteiger partial charge is 0.303 e. The van der Waals surface area contributed by atoms with E-state index < -0.39 is 5.91 Å². The maximum atomic E-state index is 12.2. The fourth-order valence-electron chi connectivity index (χ4n) is 3.72. The summed E-state index contributed by atoms with van der Waals surface area (Å²) in [5.74, 6) is -0.776. The molecular formula is C21H23N3O2. The number of fused-ring (bicyclic) bond motifs is 1. The van der Waals surface area contributed by atoms with Crippen LogP contribution in [0.3, 0.4) is 0 Å². The number of carbonyl (C=O) groups excluding carboxylic acids is 2. The Balaban J connectivity index is 1.29. The second-order valence-electron chi connectivity index (χ2n) is 6.91. The average molecular weight is 349 g/mol. The van der Waals surface area contributed by atoms with Crippen LogP contribution in [0.1, 0.15) is 15.9 Å². The minimum atomic E-state index is -0.395. The quantitative estimate of drug-likeness (QED) is 0.775. The van der Waals surface area contributed by atoms with Gasteiger partial charge in [0.15, 0.2) is 0 Å².